The van der Waals surface area contributed by atoms with Gasteiger partial charge in [-0.25, -0.2) is 8.42 Å². The standard InChI is InChI=1S/C25H33N3O3S/c1-18(15-19-7-3-2-4-8-19)26-17-21-9-5-6-10-24(21)28-32(30,31)22-12-13-23-20(16-22)11-14-25(29)27-23/h5-6,9-10,12-13,16,18-19,26,28H,2-4,7-8,11,14-15,17H2,1H3,(H,27,29)/t18-/m0/s1. The normalized spacial score (nSPS) is 18.0. The highest BCUT2D eigenvalue weighted by Crippen LogP contribution is 2.29. The van der Waals surface area contributed by atoms with Gasteiger partial charge in [0.25, 0.3) is 10.0 Å². The minimum Gasteiger partial charge on any atom is -0.326 e. The van der Waals surface area contributed by atoms with Gasteiger partial charge in [0.2, 0.25) is 5.91 Å². The molecule has 1 aliphatic heterocycles. The zero-order chi connectivity index (χ0) is 22.6. The van der Waals surface area contributed by atoms with E-state index in [0.717, 1.165) is 17.0 Å². The molecule has 172 valence electrons. The van der Waals surface area contributed by atoms with Gasteiger partial charge in [0.05, 0.1) is 10.6 Å². The maximum absolute atomic E-state index is 13.1. The van der Waals surface area contributed by atoms with Crippen LogP contribution in [0.1, 0.15) is 63.0 Å². The Balaban J connectivity index is 1.42. The predicted octanol–water partition coefficient (Wildman–Crippen LogP) is 4.82. The fourth-order valence-electron chi connectivity index (χ4n) is 4.79. The Kier molecular flexibility index (Phi) is 7.16. The van der Waals surface area contributed by atoms with Crippen LogP contribution >= 0.6 is 0 Å². The Labute approximate surface area is 191 Å². The van der Waals surface area contributed by atoms with E-state index in [2.05, 4.69) is 22.3 Å². The number of fused-ring (bicyclic) bond motifs is 1. The van der Waals surface area contributed by atoms with Gasteiger partial charge >= 0.3 is 0 Å². The zero-order valence-electron chi connectivity index (χ0n) is 18.7. The highest BCUT2D eigenvalue weighted by molar-refractivity contribution is 7.92. The smallest absolute Gasteiger partial charge is 0.261 e. The molecular formula is C25H33N3O3S. The molecule has 0 unspecified atom stereocenters. The maximum atomic E-state index is 13.1. The van der Waals surface area contributed by atoms with Gasteiger partial charge in [0.1, 0.15) is 0 Å². The fourth-order valence-corrected chi connectivity index (χ4v) is 5.95. The molecule has 4 rings (SSSR count). The van der Waals surface area contributed by atoms with Gasteiger partial charge in [0.15, 0.2) is 0 Å². The van der Waals surface area contributed by atoms with Crippen molar-refractivity contribution >= 4 is 27.3 Å². The van der Waals surface area contributed by atoms with Crippen molar-refractivity contribution in [2.24, 2.45) is 5.92 Å². The van der Waals surface area contributed by atoms with Gasteiger partial charge in [-0.15, -0.1) is 0 Å². The van der Waals surface area contributed by atoms with Gasteiger partial charge in [-0.1, -0.05) is 50.3 Å². The first kappa shape index (κ1) is 22.8. The molecule has 0 spiro atoms. The Morgan fingerprint density at radius 1 is 1.06 bits per heavy atom. The lowest BCUT2D eigenvalue weighted by atomic mass is 9.85. The Hall–Kier alpha value is -2.38. The van der Waals surface area contributed by atoms with Crippen molar-refractivity contribution in [2.45, 2.75) is 75.8 Å². The van der Waals surface area contributed by atoms with Crippen molar-refractivity contribution < 1.29 is 13.2 Å². The van der Waals surface area contributed by atoms with E-state index in [1.54, 1.807) is 24.3 Å². The summed E-state index contributed by atoms with van der Waals surface area (Å²) in [7, 11) is -3.73. The van der Waals surface area contributed by atoms with E-state index in [9.17, 15) is 13.2 Å². The second-order valence-corrected chi connectivity index (χ2v) is 10.8. The molecule has 0 saturated heterocycles. The summed E-state index contributed by atoms with van der Waals surface area (Å²) in [5.41, 5.74) is 3.06. The van der Waals surface area contributed by atoms with Crippen LogP contribution in [-0.2, 0) is 27.8 Å². The number of amides is 1. The number of aryl methyl sites for hydroxylation is 1. The highest BCUT2D eigenvalue weighted by atomic mass is 32.2. The number of benzene rings is 2. The fraction of sp³-hybridized carbons (Fsp3) is 0.480. The summed E-state index contributed by atoms with van der Waals surface area (Å²) in [5, 5.41) is 6.37. The first-order valence-corrected chi connectivity index (χ1v) is 13.2. The molecule has 1 heterocycles. The Morgan fingerprint density at radius 2 is 1.84 bits per heavy atom. The third-order valence-corrected chi connectivity index (χ3v) is 7.96. The lowest BCUT2D eigenvalue weighted by Gasteiger charge is -2.25. The molecule has 0 bridgehead atoms. The summed E-state index contributed by atoms with van der Waals surface area (Å²) in [6.45, 7) is 2.83. The van der Waals surface area contributed by atoms with E-state index >= 15 is 0 Å². The van der Waals surface area contributed by atoms with Crippen molar-refractivity contribution in [1.82, 2.24) is 5.32 Å². The highest BCUT2D eigenvalue weighted by Gasteiger charge is 2.21. The van der Waals surface area contributed by atoms with Crippen LogP contribution in [0.5, 0.6) is 0 Å². The zero-order valence-corrected chi connectivity index (χ0v) is 19.5. The molecule has 2 aliphatic rings. The number of rotatable bonds is 8. The number of para-hydroxylation sites is 1. The van der Waals surface area contributed by atoms with Crippen LogP contribution in [0.3, 0.4) is 0 Å². The summed E-state index contributed by atoms with van der Waals surface area (Å²) in [5.74, 6) is 0.763. The molecule has 1 amide bonds. The van der Waals surface area contributed by atoms with Gasteiger partial charge in [-0.3, -0.25) is 9.52 Å². The topological polar surface area (TPSA) is 87.3 Å². The van der Waals surface area contributed by atoms with E-state index in [4.69, 9.17) is 0 Å². The molecule has 32 heavy (non-hydrogen) atoms. The lowest BCUT2D eigenvalue weighted by molar-refractivity contribution is -0.116. The number of sulfonamides is 1. The number of carbonyl (C=O) groups is 1. The Morgan fingerprint density at radius 3 is 2.66 bits per heavy atom. The lowest BCUT2D eigenvalue weighted by Crippen LogP contribution is -2.29. The molecule has 3 N–H and O–H groups in total. The van der Waals surface area contributed by atoms with Gasteiger partial charge < -0.3 is 10.6 Å². The SMILES string of the molecule is C[C@@H](CC1CCCCC1)NCc1ccccc1NS(=O)(=O)c1ccc2c(c1)CCC(=O)N2. The Bertz CT molecular complexity index is 1060. The van der Waals surface area contributed by atoms with Crippen molar-refractivity contribution in [1.29, 1.82) is 0 Å². The molecule has 1 aliphatic carbocycles. The van der Waals surface area contributed by atoms with Crippen LogP contribution in [-0.4, -0.2) is 20.4 Å². The van der Waals surface area contributed by atoms with E-state index in [1.807, 2.05) is 18.2 Å². The van der Waals surface area contributed by atoms with Crippen molar-refractivity contribution in [3.8, 4) is 0 Å². The van der Waals surface area contributed by atoms with Crippen LogP contribution < -0.4 is 15.4 Å². The monoisotopic (exact) mass is 455 g/mol. The third-order valence-electron chi connectivity index (χ3n) is 6.60. The van der Waals surface area contributed by atoms with E-state index in [0.29, 0.717) is 36.8 Å². The summed E-state index contributed by atoms with van der Waals surface area (Å²) in [6.07, 6.45) is 8.79. The molecule has 1 fully saturated rings. The van der Waals surface area contributed by atoms with Gasteiger partial charge in [-0.2, -0.15) is 0 Å². The molecular weight excluding hydrogens is 422 g/mol. The van der Waals surface area contributed by atoms with Crippen LogP contribution in [0, 0.1) is 5.92 Å². The number of anilines is 2. The molecule has 2 aromatic rings. The number of hydrogen-bond donors (Lipinski definition) is 3. The molecule has 1 atom stereocenters. The van der Waals surface area contributed by atoms with E-state index in [-0.39, 0.29) is 10.8 Å². The number of nitrogens with one attached hydrogen (secondary N) is 3. The van der Waals surface area contributed by atoms with Crippen LogP contribution in [0.4, 0.5) is 11.4 Å². The summed E-state index contributed by atoms with van der Waals surface area (Å²) < 4.78 is 28.9. The van der Waals surface area contributed by atoms with E-state index in [1.165, 1.54) is 38.5 Å². The minimum absolute atomic E-state index is 0.0367. The molecule has 6 nitrogen and oxygen atoms in total. The molecule has 2 aromatic carbocycles. The van der Waals surface area contributed by atoms with Crippen molar-refractivity contribution in [3.05, 3.63) is 53.6 Å². The van der Waals surface area contributed by atoms with Crippen LogP contribution in [0.15, 0.2) is 47.4 Å². The average Bonchev–Trinajstić information content (AvgIpc) is 2.78. The quantitative estimate of drug-likeness (QED) is 0.533. The van der Waals surface area contributed by atoms with Crippen molar-refractivity contribution in [3.63, 3.8) is 0 Å². The molecule has 7 heteroatoms. The summed E-state index contributed by atoms with van der Waals surface area (Å²) in [6, 6.07) is 12.8. The third kappa shape index (κ3) is 5.70. The van der Waals surface area contributed by atoms with Crippen molar-refractivity contribution in [2.75, 3.05) is 10.0 Å². The van der Waals surface area contributed by atoms with Gasteiger partial charge in [-0.05, 0) is 61.1 Å². The summed E-state index contributed by atoms with van der Waals surface area (Å²) >= 11 is 0. The molecule has 0 radical (unpaired) electrons. The minimum atomic E-state index is -3.73. The molecule has 1 saturated carbocycles. The maximum Gasteiger partial charge on any atom is 0.261 e. The largest absolute Gasteiger partial charge is 0.326 e. The summed E-state index contributed by atoms with van der Waals surface area (Å²) in [4.78, 5) is 11.8. The molecule has 0 aromatic heterocycles. The first-order valence-electron chi connectivity index (χ1n) is 11.7. The van der Waals surface area contributed by atoms with E-state index < -0.39 is 10.0 Å². The predicted molar refractivity (Wildman–Crippen MR) is 128 cm³/mol. The second kappa shape index (κ2) is 10.0. The van der Waals surface area contributed by atoms with Crippen LogP contribution in [0.2, 0.25) is 0 Å². The first-order chi connectivity index (χ1) is 15.4. The number of carbonyl (C=O) groups excluding carboxylic acids is 1. The number of hydrogen-bond acceptors (Lipinski definition) is 4. The van der Waals surface area contributed by atoms with Crippen LogP contribution in [0.25, 0.3) is 0 Å². The van der Waals surface area contributed by atoms with Gasteiger partial charge in [0, 0.05) is 24.7 Å². The second-order valence-electron chi connectivity index (χ2n) is 9.15. The average molecular weight is 456 g/mol.